The molecule has 0 radical (unpaired) electrons. The largest absolute Gasteiger partial charge is 0.491 e. The highest BCUT2D eigenvalue weighted by atomic mass is 16.5. The molecule has 1 aliphatic rings. The molecule has 0 heterocycles. The van der Waals surface area contributed by atoms with Crippen molar-refractivity contribution in [3.8, 4) is 5.75 Å². The van der Waals surface area contributed by atoms with Gasteiger partial charge in [-0.2, -0.15) is 0 Å². The second kappa shape index (κ2) is 8.74. The van der Waals surface area contributed by atoms with Gasteiger partial charge in [-0.1, -0.05) is 38.2 Å². The highest BCUT2D eigenvalue weighted by Crippen LogP contribution is 2.32. The van der Waals surface area contributed by atoms with Crippen molar-refractivity contribution < 1.29 is 9.53 Å². The van der Waals surface area contributed by atoms with Crippen LogP contribution in [0.2, 0.25) is 0 Å². The second-order valence-corrected chi connectivity index (χ2v) is 7.16. The highest BCUT2D eigenvalue weighted by molar-refractivity contribution is 5.81. The lowest BCUT2D eigenvalue weighted by Crippen LogP contribution is -2.43. The first kappa shape index (κ1) is 19.1. The number of ether oxygens (including phenoxy) is 1. The Morgan fingerprint density at radius 2 is 2.08 bits per heavy atom. The Morgan fingerprint density at radius 1 is 1.36 bits per heavy atom. The van der Waals surface area contributed by atoms with Gasteiger partial charge in [0.1, 0.15) is 12.4 Å². The van der Waals surface area contributed by atoms with E-state index in [1.807, 2.05) is 26.2 Å². The zero-order chi connectivity index (χ0) is 18.3. The fraction of sp³-hybridized carbons (Fsp3) is 0.579. The first-order valence-corrected chi connectivity index (χ1v) is 8.91. The molecular weight excluding hydrogens is 316 g/mol. The fourth-order valence-corrected chi connectivity index (χ4v) is 3.28. The molecule has 138 valence electrons. The average Bonchev–Trinajstić information content (AvgIpc) is 2.60. The van der Waals surface area contributed by atoms with E-state index in [9.17, 15) is 4.79 Å². The third kappa shape index (κ3) is 5.66. The molecule has 0 aromatic heterocycles. The molecule has 6 nitrogen and oxygen atoms in total. The van der Waals surface area contributed by atoms with Crippen LogP contribution in [0.15, 0.2) is 29.3 Å². The Hall–Kier alpha value is -2.24. The van der Waals surface area contributed by atoms with Crippen molar-refractivity contribution in [3.63, 3.8) is 0 Å². The van der Waals surface area contributed by atoms with Crippen LogP contribution < -0.4 is 16.2 Å². The molecule has 1 saturated carbocycles. The van der Waals surface area contributed by atoms with E-state index < -0.39 is 5.54 Å². The number of hydrogen-bond donors (Lipinski definition) is 2. The van der Waals surface area contributed by atoms with Gasteiger partial charge in [0, 0.05) is 25.8 Å². The van der Waals surface area contributed by atoms with Crippen LogP contribution in [0.1, 0.15) is 38.5 Å². The predicted molar refractivity (Wildman–Crippen MR) is 102 cm³/mol. The first-order valence-electron chi connectivity index (χ1n) is 8.91. The maximum absolute atomic E-state index is 12.1. The Bertz CT molecular complexity index is 597. The number of nitrogen functional groups attached to an aromatic ring is 1. The van der Waals surface area contributed by atoms with Crippen molar-refractivity contribution in [2.24, 2.45) is 16.6 Å². The number of anilines is 1. The molecule has 1 fully saturated rings. The molecule has 4 N–H and O–H groups in total. The Balaban J connectivity index is 2.19. The van der Waals surface area contributed by atoms with Gasteiger partial charge in [-0.3, -0.25) is 0 Å². The van der Waals surface area contributed by atoms with Gasteiger partial charge in [0.15, 0.2) is 17.8 Å². The number of carbonyl (C=O) groups is 1. The molecule has 0 spiro atoms. The van der Waals surface area contributed by atoms with E-state index in [4.69, 9.17) is 16.2 Å². The smallest absolute Gasteiger partial charge is 0.191 e. The monoisotopic (exact) mass is 346 g/mol. The average molecular weight is 346 g/mol. The number of benzene rings is 1. The summed E-state index contributed by atoms with van der Waals surface area (Å²) in [5.41, 5.74) is 11.5. The Morgan fingerprint density at radius 3 is 2.68 bits per heavy atom. The summed E-state index contributed by atoms with van der Waals surface area (Å²) >= 11 is 0. The van der Waals surface area contributed by atoms with Crippen LogP contribution in [0.5, 0.6) is 5.75 Å². The van der Waals surface area contributed by atoms with Crippen molar-refractivity contribution in [1.82, 2.24) is 4.90 Å². The van der Waals surface area contributed by atoms with Crippen molar-refractivity contribution in [2.75, 3.05) is 26.4 Å². The van der Waals surface area contributed by atoms with Crippen LogP contribution in [0.25, 0.3) is 0 Å². The summed E-state index contributed by atoms with van der Waals surface area (Å²) in [6.45, 7) is 0.158. The van der Waals surface area contributed by atoms with E-state index in [0.29, 0.717) is 29.7 Å². The van der Waals surface area contributed by atoms with Crippen LogP contribution in [-0.2, 0) is 4.79 Å². The minimum absolute atomic E-state index is 0.158. The lowest BCUT2D eigenvalue weighted by molar-refractivity contribution is -0.113. The highest BCUT2D eigenvalue weighted by Gasteiger charge is 2.35. The summed E-state index contributed by atoms with van der Waals surface area (Å²) in [4.78, 5) is 18.3. The summed E-state index contributed by atoms with van der Waals surface area (Å²) in [5.74, 6) is 1.44. The van der Waals surface area contributed by atoms with Gasteiger partial charge in [-0.05, 0) is 24.5 Å². The molecule has 6 heteroatoms. The van der Waals surface area contributed by atoms with Gasteiger partial charge in [0.2, 0.25) is 0 Å². The van der Waals surface area contributed by atoms with Crippen LogP contribution in [0.4, 0.5) is 5.69 Å². The maximum Gasteiger partial charge on any atom is 0.191 e. The number of nitrogens with two attached hydrogens (primary N) is 2. The number of aldehydes is 1. The Labute approximate surface area is 150 Å². The van der Waals surface area contributed by atoms with Gasteiger partial charge in [-0.25, -0.2) is 4.99 Å². The van der Waals surface area contributed by atoms with E-state index in [1.165, 1.54) is 19.3 Å². The number of carbonyl (C=O) groups excluding carboxylic acids is 1. The zero-order valence-corrected chi connectivity index (χ0v) is 15.3. The van der Waals surface area contributed by atoms with Crippen LogP contribution in [-0.4, -0.2) is 43.4 Å². The summed E-state index contributed by atoms with van der Waals surface area (Å²) in [7, 11) is 3.63. The molecule has 1 unspecified atom stereocenters. The van der Waals surface area contributed by atoms with Crippen molar-refractivity contribution in [3.05, 3.63) is 24.3 Å². The van der Waals surface area contributed by atoms with E-state index in [1.54, 1.807) is 17.0 Å². The summed E-state index contributed by atoms with van der Waals surface area (Å²) in [5, 5.41) is 0. The van der Waals surface area contributed by atoms with Gasteiger partial charge < -0.3 is 25.9 Å². The van der Waals surface area contributed by atoms with Crippen molar-refractivity contribution >= 4 is 17.9 Å². The number of rotatable bonds is 7. The molecule has 0 saturated heterocycles. The third-order valence-corrected chi connectivity index (χ3v) is 4.73. The maximum atomic E-state index is 12.1. The standard InChI is InChI=1S/C19H30N4O2/c1-23(2)18(21)22-19(13-24,12-15-7-4-3-5-8-15)14-25-17-10-6-9-16(20)11-17/h6,9-11,13,15H,3-5,7-8,12,14,20H2,1-2H3,(H2,21,22). The number of hydrogen-bond acceptors (Lipinski definition) is 4. The van der Waals surface area contributed by atoms with Crippen LogP contribution in [0, 0.1) is 5.92 Å². The summed E-state index contributed by atoms with van der Waals surface area (Å²) < 4.78 is 5.87. The number of nitrogens with zero attached hydrogens (tertiary/aromatic N) is 2. The van der Waals surface area contributed by atoms with E-state index in [0.717, 1.165) is 19.1 Å². The summed E-state index contributed by atoms with van der Waals surface area (Å²) in [6, 6.07) is 7.19. The van der Waals surface area contributed by atoms with Gasteiger partial charge in [-0.15, -0.1) is 0 Å². The fourth-order valence-electron chi connectivity index (χ4n) is 3.28. The van der Waals surface area contributed by atoms with Crippen molar-refractivity contribution in [1.29, 1.82) is 0 Å². The van der Waals surface area contributed by atoms with Gasteiger partial charge in [0.05, 0.1) is 0 Å². The van der Waals surface area contributed by atoms with E-state index in [2.05, 4.69) is 4.99 Å². The number of guanidine groups is 1. The van der Waals surface area contributed by atoms with Crippen LogP contribution >= 0.6 is 0 Å². The van der Waals surface area contributed by atoms with Crippen LogP contribution in [0.3, 0.4) is 0 Å². The molecule has 1 aliphatic carbocycles. The minimum Gasteiger partial charge on any atom is -0.491 e. The number of aliphatic imine (C=N–C) groups is 1. The normalized spacial score (nSPS) is 18.4. The molecule has 0 aliphatic heterocycles. The molecule has 2 rings (SSSR count). The Kier molecular flexibility index (Phi) is 6.67. The zero-order valence-electron chi connectivity index (χ0n) is 15.3. The molecule has 0 amide bonds. The van der Waals surface area contributed by atoms with Crippen molar-refractivity contribution in [2.45, 2.75) is 44.1 Å². The molecule has 1 aromatic carbocycles. The molecule has 1 atom stereocenters. The second-order valence-electron chi connectivity index (χ2n) is 7.16. The third-order valence-electron chi connectivity index (χ3n) is 4.73. The summed E-state index contributed by atoms with van der Waals surface area (Å²) in [6.07, 6.45) is 7.51. The lowest BCUT2D eigenvalue weighted by Gasteiger charge is -2.31. The SMILES string of the molecule is CN(C)C(N)=NC(C=O)(COc1cccc(N)c1)CC1CCCCC1. The predicted octanol–water partition coefficient (Wildman–Crippen LogP) is 2.43. The van der Waals surface area contributed by atoms with E-state index in [-0.39, 0.29) is 6.61 Å². The topological polar surface area (TPSA) is 93.9 Å². The lowest BCUT2D eigenvalue weighted by atomic mass is 9.80. The molecule has 0 bridgehead atoms. The minimum atomic E-state index is -0.971. The molecule has 25 heavy (non-hydrogen) atoms. The first-order chi connectivity index (χ1) is 11.9. The van der Waals surface area contributed by atoms with Gasteiger partial charge in [0.25, 0.3) is 0 Å². The quantitative estimate of drug-likeness (QED) is 0.342. The van der Waals surface area contributed by atoms with Gasteiger partial charge >= 0.3 is 0 Å². The molecular formula is C19H30N4O2. The van der Waals surface area contributed by atoms with E-state index >= 15 is 0 Å². The molecule has 1 aromatic rings.